The number of carbonyl (C=O) groups excluding carboxylic acids is 7. The molecule has 8 rings (SSSR count). The number of Topliss-reactive ketones (excluding diaryl/α,β-unsaturated/α-hetero) is 1. The minimum Gasteiger partial charge on any atom is -0.491 e. The van der Waals surface area contributed by atoms with Crippen LogP contribution in [-0.2, 0) is 36.8 Å². The molecule has 3 aromatic carbocycles. The standard InChI is InChI=1S/C43H42N6O9S/c1-24-38(28-10-11-32-27(22-28)14-16-48(32)41(54)26-8-9-26)47-40(59-24)34(50)23-45-36(52)21-25-4-2-5-29(20-25)58-19-18-57-17-15-44-31-7-3-6-30-37(31)43(56)49(42(30)55)33-12-13-35(51)46-39(33)53/h2-7,10-11,20,22,26,33,44H,8-9,12-19,21,23H2,1H3,(H,45,52)(H,46,51,53). The molecule has 4 heterocycles. The van der Waals surface area contributed by atoms with Gasteiger partial charge in [0.25, 0.3) is 11.8 Å². The number of imide groups is 2. The van der Waals surface area contributed by atoms with Crippen molar-refractivity contribution in [2.45, 2.75) is 51.5 Å². The average molecular weight is 819 g/mol. The zero-order valence-corrected chi connectivity index (χ0v) is 33.2. The third-order valence-corrected chi connectivity index (χ3v) is 11.7. The fourth-order valence-corrected chi connectivity index (χ4v) is 8.47. The second-order valence-corrected chi connectivity index (χ2v) is 16.1. The molecule has 6 amide bonds. The minimum atomic E-state index is -1.04. The van der Waals surface area contributed by atoms with Crippen molar-refractivity contribution in [3.63, 3.8) is 0 Å². The normalized spacial score (nSPS) is 17.1. The summed E-state index contributed by atoms with van der Waals surface area (Å²) in [6, 6.07) is 16.9. The van der Waals surface area contributed by atoms with Crippen molar-refractivity contribution in [2.24, 2.45) is 5.92 Å². The molecule has 4 aliphatic rings. The third-order valence-electron chi connectivity index (χ3n) is 10.7. The van der Waals surface area contributed by atoms with Crippen LogP contribution in [0.5, 0.6) is 5.75 Å². The number of ether oxygens (including phenoxy) is 2. The Kier molecular flexibility index (Phi) is 11.3. The van der Waals surface area contributed by atoms with Crippen molar-refractivity contribution in [1.82, 2.24) is 20.5 Å². The Bertz CT molecular complexity index is 2390. The number of rotatable bonds is 16. The number of hydrogen-bond acceptors (Lipinski definition) is 12. The number of hydrogen-bond donors (Lipinski definition) is 3. The molecule has 0 spiro atoms. The van der Waals surface area contributed by atoms with Crippen molar-refractivity contribution < 1.29 is 43.0 Å². The van der Waals surface area contributed by atoms with Crippen LogP contribution in [0.4, 0.5) is 11.4 Å². The van der Waals surface area contributed by atoms with Crippen molar-refractivity contribution in [2.75, 3.05) is 49.7 Å². The molecule has 15 nitrogen and oxygen atoms in total. The first-order valence-electron chi connectivity index (χ1n) is 19.7. The summed E-state index contributed by atoms with van der Waals surface area (Å²) in [6.45, 7) is 3.51. The highest BCUT2D eigenvalue weighted by molar-refractivity contribution is 7.14. The molecule has 59 heavy (non-hydrogen) atoms. The number of nitrogens with one attached hydrogen (secondary N) is 3. The number of ketones is 1. The second kappa shape index (κ2) is 16.9. The zero-order chi connectivity index (χ0) is 41.2. The van der Waals surface area contributed by atoms with Gasteiger partial charge in [-0.05, 0) is 80.1 Å². The van der Waals surface area contributed by atoms with Gasteiger partial charge in [0.15, 0.2) is 5.01 Å². The van der Waals surface area contributed by atoms with Crippen LogP contribution < -0.4 is 25.6 Å². The number of anilines is 2. The smallest absolute Gasteiger partial charge is 0.264 e. The van der Waals surface area contributed by atoms with E-state index >= 15 is 0 Å². The first-order chi connectivity index (χ1) is 28.5. The van der Waals surface area contributed by atoms with E-state index in [1.54, 1.807) is 36.4 Å². The quantitative estimate of drug-likeness (QED) is 0.0845. The molecule has 4 aromatic rings. The van der Waals surface area contributed by atoms with E-state index in [4.69, 9.17) is 9.47 Å². The van der Waals surface area contributed by atoms with Crippen molar-refractivity contribution >= 4 is 63.9 Å². The summed E-state index contributed by atoms with van der Waals surface area (Å²) in [7, 11) is 0. The number of nitrogens with zero attached hydrogens (tertiary/aromatic N) is 3. The first-order valence-corrected chi connectivity index (χ1v) is 20.5. The van der Waals surface area contributed by atoms with Gasteiger partial charge in [-0.3, -0.25) is 43.8 Å². The molecule has 1 atom stereocenters. The Morgan fingerprint density at radius 3 is 2.58 bits per heavy atom. The summed E-state index contributed by atoms with van der Waals surface area (Å²) in [6.07, 6.45) is 2.90. The fraction of sp³-hybridized carbons (Fsp3) is 0.349. The number of aryl methyl sites for hydroxylation is 1. The fourth-order valence-electron chi connectivity index (χ4n) is 7.60. The van der Waals surface area contributed by atoms with Crippen LogP contribution in [0.2, 0.25) is 0 Å². The van der Waals surface area contributed by atoms with Gasteiger partial charge in [0.1, 0.15) is 18.4 Å². The molecule has 1 saturated carbocycles. The summed E-state index contributed by atoms with van der Waals surface area (Å²) in [4.78, 5) is 97.2. The zero-order valence-electron chi connectivity index (χ0n) is 32.3. The molecular formula is C43H42N6O9S. The lowest BCUT2D eigenvalue weighted by Gasteiger charge is -2.27. The summed E-state index contributed by atoms with van der Waals surface area (Å²) in [5, 5.41) is 8.36. The SMILES string of the molecule is Cc1sc(C(=O)CNC(=O)Cc2cccc(OCCOCCNc3cccc4c3C(=O)N(C3CCC(=O)NC3=O)C4=O)c2)nc1-c1ccc2c(c1)CCN2C(=O)C1CC1. The molecule has 1 saturated heterocycles. The highest BCUT2D eigenvalue weighted by Crippen LogP contribution is 2.39. The van der Waals surface area contributed by atoms with Gasteiger partial charge < -0.3 is 25.0 Å². The van der Waals surface area contributed by atoms with Crippen LogP contribution in [0.25, 0.3) is 11.3 Å². The summed E-state index contributed by atoms with van der Waals surface area (Å²) < 4.78 is 11.5. The van der Waals surface area contributed by atoms with E-state index in [0.29, 0.717) is 35.1 Å². The Labute approximate surface area is 343 Å². The Hall–Kier alpha value is -6.26. The van der Waals surface area contributed by atoms with E-state index < -0.39 is 29.7 Å². The van der Waals surface area contributed by atoms with Gasteiger partial charge >= 0.3 is 0 Å². The lowest BCUT2D eigenvalue weighted by atomic mass is 10.0. The number of fused-ring (bicyclic) bond motifs is 2. The van der Waals surface area contributed by atoms with E-state index in [9.17, 15) is 33.6 Å². The minimum absolute atomic E-state index is 0.0439. The summed E-state index contributed by atoms with van der Waals surface area (Å²) in [5.41, 5.74) is 5.21. The molecule has 3 N–H and O–H groups in total. The van der Waals surface area contributed by atoms with E-state index in [1.165, 1.54) is 17.4 Å². The predicted molar refractivity (Wildman–Crippen MR) is 216 cm³/mol. The monoisotopic (exact) mass is 818 g/mol. The van der Waals surface area contributed by atoms with Gasteiger partial charge in [0, 0.05) is 47.2 Å². The third kappa shape index (κ3) is 8.50. The van der Waals surface area contributed by atoms with Gasteiger partial charge in [0.05, 0.1) is 43.0 Å². The molecule has 1 unspecified atom stereocenters. The van der Waals surface area contributed by atoms with Crippen LogP contribution in [0.3, 0.4) is 0 Å². The van der Waals surface area contributed by atoms with Crippen molar-refractivity contribution in [1.29, 1.82) is 0 Å². The molecule has 304 valence electrons. The maximum atomic E-state index is 13.3. The van der Waals surface area contributed by atoms with Crippen LogP contribution in [0.1, 0.15) is 72.2 Å². The maximum absolute atomic E-state index is 13.3. The maximum Gasteiger partial charge on any atom is 0.264 e. The Balaban J connectivity index is 0.754. The number of amides is 6. The van der Waals surface area contributed by atoms with Gasteiger partial charge in [-0.1, -0.05) is 24.3 Å². The summed E-state index contributed by atoms with van der Waals surface area (Å²) in [5.74, 6) is -1.93. The second-order valence-electron chi connectivity index (χ2n) is 14.9. The Morgan fingerprint density at radius 2 is 1.76 bits per heavy atom. The van der Waals surface area contributed by atoms with Crippen LogP contribution in [0.15, 0.2) is 60.7 Å². The number of benzene rings is 3. The molecule has 3 aliphatic heterocycles. The molecular weight excluding hydrogens is 777 g/mol. The van der Waals surface area contributed by atoms with Crippen LogP contribution >= 0.6 is 11.3 Å². The highest BCUT2D eigenvalue weighted by Gasteiger charge is 2.45. The summed E-state index contributed by atoms with van der Waals surface area (Å²) >= 11 is 1.30. The lowest BCUT2D eigenvalue weighted by molar-refractivity contribution is -0.136. The van der Waals surface area contributed by atoms with E-state index in [-0.39, 0.29) is 80.3 Å². The van der Waals surface area contributed by atoms with E-state index in [2.05, 4.69) is 27.0 Å². The number of piperidine rings is 1. The van der Waals surface area contributed by atoms with Gasteiger partial charge in [-0.2, -0.15) is 0 Å². The van der Waals surface area contributed by atoms with Crippen molar-refractivity contribution in [3.8, 4) is 17.0 Å². The molecule has 1 aliphatic carbocycles. The van der Waals surface area contributed by atoms with E-state index in [1.807, 2.05) is 24.0 Å². The topological polar surface area (TPSA) is 193 Å². The van der Waals surface area contributed by atoms with Gasteiger partial charge in [0.2, 0.25) is 29.4 Å². The predicted octanol–water partition coefficient (Wildman–Crippen LogP) is 3.87. The van der Waals surface area contributed by atoms with Gasteiger partial charge in [-0.25, -0.2) is 4.98 Å². The molecule has 0 bridgehead atoms. The molecule has 0 radical (unpaired) electrons. The van der Waals surface area contributed by atoms with Crippen LogP contribution in [0, 0.1) is 12.8 Å². The number of carbonyl (C=O) groups is 7. The average Bonchev–Trinajstić information content (AvgIpc) is 3.80. The largest absolute Gasteiger partial charge is 0.491 e. The van der Waals surface area contributed by atoms with Crippen LogP contribution in [-0.4, -0.2) is 96.6 Å². The molecule has 1 aromatic heterocycles. The Morgan fingerprint density at radius 1 is 0.932 bits per heavy atom. The highest BCUT2D eigenvalue weighted by atomic mass is 32.1. The molecule has 2 fully saturated rings. The van der Waals surface area contributed by atoms with E-state index in [0.717, 1.165) is 51.5 Å². The first kappa shape index (κ1) is 39.6. The number of aromatic nitrogens is 1. The van der Waals surface area contributed by atoms with Gasteiger partial charge in [-0.15, -0.1) is 11.3 Å². The number of thiazole rings is 1. The lowest BCUT2D eigenvalue weighted by Crippen LogP contribution is -2.54. The molecule has 16 heteroatoms. The van der Waals surface area contributed by atoms with Crippen molar-refractivity contribution in [3.05, 3.63) is 92.8 Å².